The van der Waals surface area contributed by atoms with Crippen LogP contribution in [0.1, 0.15) is 6.92 Å². The van der Waals surface area contributed by atoms with E-state index < -0.39 is 0 Å². The molecule has 72 valence electrons. The maximum atomic E-state index is 4.93. The van der Waals surface area contributed by atoms with Gasteiger partial charge in [-0.1, -0.05) is 34.1 Å². The first-order chi connectivity index (χ1) is 6.29. The average Bonchev–Trinajstić information content (AvgIpc) is 2.58. The Morgan fingerprint density at radius 2 is 1.69 bits per heavy atom. The summed E-state index contributed by atoms with van der Waals surface area (Å²) in [5.41, 5.74) is 0. The summed E-state index contributed by atoms with van der Waals surface area (Å²) in [5.74, 6) is 0. The fourth-order valence-electron chi connectivity index (χ4n) is 0.891. The van der Waals surface area contributed by atoms with Crippen LogP contribution in [0.4, 0.5) is 0 Å². The molecule has 1 aliphatic heterocycles. The van der Waals surface area contributed by atoms with Gasteiger partial charge in [-0.3, -0.25) is 0 Å². The highest BCUT2D eigenvalue weighted by Crippen LogP contribution is 2.05. The fourth-order valence-corrected chi connectivity index (χ4v) is 1.20. The predicted octanol–water partition coefficient (Wildman–Crippen LogP) is 2.83. The molecule has 1 aromatic rings. The first-order valence-corrected chi connectivity index (χ1v) is 5.02. The highest BCUT2D eigenvalue weighted by atomic mass is 79.9. The summed E-state index contributed by atoms with van der Waals surface area (Å²) in [6.45, 7) is 3.43. The van der Waals surface area contributed by atoms with Gasteiger partial charge in [0.2, 0.25) is 0 Å². The normalized spacial score (nSPS) is 16.5. The van der Waals surface area contributed by atoms with Crippen LogP contribution in [0.2, 0.25) is 0 Å². The van der Waals surface area contributed by atoms with Gasteiger partial charge in [0.1, 0.15) is 0 Å². The van der Waals surface area contributed by atoms with Gasteiger partial charge >= 0.3 is 0 Å². The Labute approximate surface area is 87.0 Å². The molecule has 0 atom stereocenters. The summed E-state index contributed by atoms with van der Waals surface area (Å²) in [4.78, 5) is 0. The molecule has 13 heavy (non-hydrogen) atoms. The molecule has 2 nitrogen and oxygen atoms in total. The van der Waals surface area contributed by atoms with Crippen molar-refractivity contribution >= 4 is 15.9 Å². The first-order valence-electron chi connectivity index (χ1n) is 4.23. The minimum Gasteiger partial charge on any atom is -0.351 e. The third-order valence-electron chi connectivity index (χ3n) is 1.52. The summed E-state index contributed by atoms with van der Waals surface area (Å²) in [7, 11) is 0. The van der Waals surface area contributed by atoms with Gasteiger partial charge in [0, 0.05) is 4.47 Å². The van der Waals surface area contributed by atoms with Crippen LogP contribution in [0, 0.1) is 0 Å². The number of halogens is 1. The van der Waals surface area contributed by atoms with E-state index in [9.17, 15) is 0 Å². The van der Waals surface area contributed by atoms with Crippen molar-refractivity contribution in [3.05, 3.63) is 34.8 Å². The summed E-state index contributed by atoms with van der Waals surface area (Å²) in [6.07, 6.45) is 0.0463. The minimum absolute atomic E-state index is 0.0463. The minimum atomic E-state index is 0.0463. The monoisotopic (exact) mass is 244 g/mol. The molecule has 3 heteroatoms. The van der Waals surface area contributed by atoms with E-state index in [1.54, 1.807) is 0 Å². The van der Waals surface area contributed by atoms with Crippen LogP contribution < -0.4 is 0 Å². The average molecular weight is 245 g/mol. The van der Waals surface area contributed by atoms with Crippen molar-refractivity contribution in [1.82, 2.24) is 0 Å². The van der Waals surface area contributed by atoms with E-state index in [2.05, 4.69) is 15.9 Å². The SMILES string of the molecule is Brc1ccccc1.CC1OCCO1. The highest BCUT2D eigenvalue weighted by Gasteiger charge is 2.07. The molecule has 0 unspecified atom stereocenters. The molecule has 1 aliphatic rings. The van der Waals surface area contributed by atoms with Crippen LogP contribution in [0.5, 0.6) is 0 Å². The van der Waals surface area contributed by atoms with Crippen LogP contribution in [0.3, 0.4) is 0 Å². The standard InChI is InChI=1S/C6H5Br.C4H8O2/c7-6-4-2-1-3-5-6;1-4-5-2-3-6-4/h1-5H;4H,2-3H2,1H3. The van der Waals surface area contributed by atoms with Crippen molar-refractivity contribution in [2.24, 2.45) is 0 Å². The Kier molecular flexibility index (Phi) is 5.05. The Balaban J connectivity index is 0.000000132. The molecule has 1 aromatic carbocycles. The van der Waals surface area contributed by atoms with E-state index in [1.807, 2.05) is 37.3 Å². The van der Waals surface area contributed by atoms with Crippen LogP contribution in [0.15, 0.2) is 34.8 Å². The lowest BCUT2D eigenvalue weighted by molar-refractivity contribution is -0.0254. The summed E-state index contributed by atoms with van der Waals surface area (Å²) < 4.78 is 11.0. The molecular formula is C10H13BrO2. The highest BCUT2D eigenvalue weighted by molar-refractivity contribution is 9.10. The lowest BCUT2D eigenvalue weighted by Gasteiger charge is -1.94. The largest absolute Gasteiger partial charge is 0.351 e. The molecule has 0 spiro atoms. The van der Waals surface area contributed by atoms with Crippen molar-refractivity contribution in [3.8, 4) is 0 Å². The van der Waals surface area contributed by atoms with Gasteiger partial charge in [0.15, 0.2) is 6.29 Å². The lowest BCUT2D eigenvalue weighted by atomic mass is 10.4. The summed E-state index contributed by atoms with van der Waals surface area (Å²) >= 11 is 3.31. The van der Waals surface area contributed by atoms with E-state index in [0.717, 1.165) is 17.7 Å². The third-order valence-corrected chi connectivity index (χ3v) is 2.05. The molecule has 0 aromatic heterocycles. The van der Waals surface area contributed by atoms with Gasteiger partial charge in [-0.15, -0.1) is 0 Å². The molecule has 0 radical (unpaired) electrons. The van der Waals surface area contributed by atoms with E-state index in [1.165, 1.54) is 0 Å². The van der Waals surface area contributed by atoms with Crippen LogP contribution >= 0.6 is 15.9 Å². The molecule has 0 bridgehead atoms. The van der Waals surface area contributed by atoms with Crippen molar-refractivity contribution < 1.29 is 9.47 Å². The van der Waals surface area contributed by atoms with Gasteiger partial charge in [0.25, 0.3) is 0 Å². The molecule has 1 fully saturated rings. The molecule has 2 rings (SSSR count). The van der Waals surface area contributed by atoms with Crippen molar-refractivity contribution in [2.75, 3.05) is 13.2 Å². The van der Waals surface area contributed by atoms with Crippen molar-refractivity contribution in [2.45, 2.75) is 13.2 Å². The zero-order valence-corrected chi connectivity index (χ0v) is 9.16. The Morgan fingerprint density at radius 3 is 1.92 bits per heavy atom. The third kappa shape index (κ3) is 5.03. The van der Waals surface area contributed by atoms with Gasteiger partial charge in [-0.25, -0.2) is 0 Å². The fraction of sp³-hybridized carbons (Fsp3) is 0.400. The Hall–Kier alpha value is -0.380. The maximum absolute atomic E-state index is 4.93. The second-order valence-corrected chi connectivity index (χ2v) is 3.52. The molecule has 1 heterocycles. The zero-order chi connectivity index (χ0) is 9.52. The quantitative estimate of drug-likeness (QED) is 0.699. The van der Waals surface area contributed by atoms with Crippen molar-refractivity contribution in [3.63, 3.8) is 0 Å². The second-order valence-electron chi connectivity index (χ2n) is 2.60. The van der Waals surface area contributed by atoms with Gasteiger partial charge in [-0.2, -0.15) is 0 Å². The summed E-state index contributed by atoms with van der Waals surface area (Å²) in [6, 6.07) is 9.97. The van der Waals surface area contributed by atoms with Crippen LogP contribution in [0.25, 0.3) is 0 Å². The van der Waals surface area contributed by atoms with E-state index >= 15 is 0 Å². The zero-order valence-electron chi connectivity index (χ0n) is 7.57. The Morgan fingerprint density at radius 1 is 1.15 bits per heavy atom. The summed E-state index contributed by atoms with van der Waals surface area (Å²) in [5, 5.41) is 0. The predicted molar refractivity (Wildman–Crippen MR) is 55.5 cm³/mol. The Bertz CT molecular complexity index is 220. The van der Waals surface area contributed by atoms with E-state index in [-0.39, 0.29) is 6.29 Å². The number of benzene rings is 1. The number of ether oxygens (including phenoxy) is 2. The van der Waals surface area contributed by atoms with Crippen molar-refractivity contribution in [1.29, 1.82) is 0 Å². The smallest absolute Gasteiger partial charge is 0.155 e. The van der Waals surface area contributed by atoms with Gasteiger partial charge in [0.05, 0.1) is 13.2 Å². The van der Waals surface area contributed by atoms with Crippen LogP contribution in [-0.2, 0) is 9.47 Å². The molecule has 0 saturated carbocycles. The number of hydrogen-bond acceptors (Lipinski definition) is 2. The number of hydrogen-bond donors (Lipinski definition) is 0. The topological polar surface area (TPSA) is 18.5 Å². The maximum Gasteiger partial charge on any atom is 0.155 e. The molecule has 0 N–H and O–H groups in total. The molecule has 0 aliphatic carbocycles. The van der Waals surface area contributed by atoms with Gasteiger partial charge in [-0.05, 0) is 19.1 Å². The van der Waals surface area contributed by atoms with E-state index in [0.29, 0.717) is 0 Å². The molecule has 0 amide bonds. The number of rotatable bonds is 0. The van der Waals surface area contributed by atoms with E-state index in [4.69, 9.17) is 9.47 Å². The lowest BCUT2D eigenvalue weighted by Crippen LogP contribution is -1.97. The van der Waals surface area contributed by atoms with Crippen LogP contribution in [-0.4, -0.2) is 19.5 Å². The first kappa shape index (κ1) is 10.7. The van der Waals surface area contributed by atoms with Gasteiger partial charge < -0.3 is 9.47 Å². The second kappa shape index (κ2) is 6.13. The molecular weight excluding hydrogens is 232 g/mol. The molecule has 1 saturated heterocycles.